The number of nitrogens with one attached hydrogen (secondary N) is 1. The van der Waals surface area contributed by atoms with Crippen LogP contribution in [0.15, 0.2) is 40.1 Å². The molecule has 2 aliphatic rings. The molecule has 0 spiro atoms. The molecule has 1 heterocycles. The second kappa shape index (κ2) is 3.63. The van der Waals surface area contributed by atoms with Crippen molar-refractivity contribution < 1.29 is 9.21 Å². The molecule has 3 rings (SSSR count). The average molecular weight is 216 g/mol. The van der Waals surface area contributed by atoms with Crippen molar-refractivity contribution >= 4 is 11.6 Å². The first-order valence-electron chi connectivity index (χ1n) is 5.41. The molecule has 0 unspecified atom stereocenters. The van der Waals surface area contributed by atoms with Crippen LogP contribution < -0.4 is 5.43 Å². The van der Waals surface area contributed by atoms with Crippen molar-refractivity contribution in [1.29, 1.82) is 0 Å². The van der Waals surface area contributed by atoms with Gasteiger partial charge >= 0.3 is 5.91 Å². The summed E-state index contributed by atoms with van der Waals surface area (Å²) in [5.74, 6) is 1.19. The Morgan fingerprint density at radius 2 is 2.50 bits per heavy atom. The van der Waals surface area contributed by atoms with Crippen LogP contribution in [-0.2, 0) is 0 Å². The van der Waals surface area contributed by atoms with E-state index in [1.54, 1.807) is 12.1 Å². The summed E-state index contributed by atoms with van der Waals surface area (Å²) >= 11 is 0. The number of allylic oxidation sites excluding steroid dienone is 2. The summed E-state index contributed by atoms with van der Waals surface area (Å²) in [6.07, 6.45) is 7.92. The topological polar surface area (TPSA) is 54.6 Å². The lowest BCUT2D eigenvalue weighted by Crippen LogP contribution is -2.35. The van der Waals surface area contributed by atoms with Crippen molar-refractivity contribution in [3.63, 3.8) is 0 Å². The average Bonchev–Trinajstić information content (AvgIpc) is 2.88. The van der Waals surface area contributed by atoms with Gasteiger partial charge in [0.1, 0.15) is 0 Å². The fraction of sp³-hybridized carbons (Fsp3) is 0.333. The fourth-order valence-electron chi connectivity index (χ4n) is 2.25. The highest BCUT2D eigenvalue weighted by atomic mass is 16.3. The zero-order valence-corrected chi connectivity index (χ0v) is 8.72. The Morgan fingerprint density at radius 1 is 1.56 bits per heavy atom. The van der Waals surface area contributed by atoms with Gasteiger partial charge in [-0.25, -0.2) is 5.43 Å². The van der Waals surface area contributed by atoms with Gasteiger partial charge in [0, 0.05) is 11.6 Å². The molecule has 4 heteroatoms. The Labute approximate surface area is 93.0 Å². The Hall–Kier alpha value is -1.84. The van der Waals surface area contributed by atoms with Gasteiger partial charge in [0.2, 0.25) is 0 Å². The van der Waals surface area contributed by atoms with E-state index in [1.165, 1.54) is 6.26 Å². The van der Waals surface area contributed by atoms with Crippen LogP contribution in [0.3, 0.4) is 0 Å². The van der Waals surface area contributed by atoms with Crippen molar-refractivity contribution in [2.24, 2.45) is 16.9 Å². The molecule has 0 bridgehead atoms. The van der Waals surface area contributed by atoms with Crippen LogP contribution in [0, 0.1) is 11.8 Å². The molecule has 16 heavy (non-hydrogen) atoms. The first kappa shape index (κ1) is 9.39. The van der Waals surface area contributed by atoms with E-state index < -0.39 is 0 Å². The highest BCUT2D eigenvalue weighted by Gasteiger charge is 2.38. The van der Waals surface area contributed by atoms with Gasteiger partial charge in [-0.1, -0.05) is 12.2 Å². The predicted molar refractivity (Wildman–Crippen MR) is 59.0 cm³/mol. The molecule has 1 aromatic heterocycles. The Morgan fingerprint density at radius 3 is 3.25 bits per heavy atom. The third-order valence-corrected chi connectivity index (χ3v) is 3.21. The summed E-state index contributed by atoms with van der Waals surface area (Å²) in [5, 5.41) is 4.15. The van der Waals surface area contributed by atoms with E-state index in [9.17, 15) is 4.79 Å². The van der Waals surface area contributed by atoms with Crippen LogP contribution in [0.4, 0.5) is 0 Å². The molecule has 2 aliphatic carbocycles. The van der Waals surface area contributed by atoms with Crippen LogP contribution >= 0.6 is 0 Å². The van der Waals surface area contributed by atoms with Crippen molar-refractivity contribution in [2.45, 2.75) is 12.8 Å². The van der Waals surface area contributed by atoms with Gasteiger partial charge < -0.3 is 4.42 Å². The minimum Gasteiger partial charge on any atom is -0.459 e. The van der Waals surface area contributed by atoms with E-state index in [0.29, 0.717) is 17.6 Å². The summed E-state index contributed by atoms with van der Waals surface area (Å²) in [7, 11) is 0. The monoisotopic (exact) mass is 216 g/mol. The predicted octanol–water partition coefficient (Wildman–Crippen LogP) is 1.96. The number of carbonyl (C=O) groups is 1. The van der Waals surface area contributed by atoms with Gasteiger partial charge in [0.25, 0.3) is 0 Å². The smallest absolute Gasteiger partial charge is 0.307 e. The summed E-state index contributed by atoms with van der Waals surface area (Å²) in [5.41, 5.74) is 3.62. The van der Waals surface area contributed by atoms with Crippen molar-refractivity contribution in [3.05, 3.63) is 36.3 Å². The second-order valence-corrected chi connectivity index (χ2v) is 4.16. The fourth-order valence-corrected chi connectivity index (χ4v) is 2.25. The third kappa shape index (κ3) is 1.46. The van der Waals surface area contributed by atoms with E-state index >= 15 is 0 Å². The Balaban J connectivity index is 1.61. The molecule has 1 N–H and O–H groups in total. The molecule has 1 fully saturated rings. The number of carbonyl (C=O) groups excluding carboxylic acids is 1. The molecule has 1 saturated carbocycles. The lowest BCUT2D eigenvalue weighted by molar-refractivity contribution is 0.0926. The number of fused-ring (bicyclic) bond motifs is 1. The zero-order valence-electron chi connectivity index (χ0n) is 8.72. The first-order chi connectivity index (χ1) is 7.84. The maximum absolute atomic E-state index is 11.5. The summed E-state index contributed by atoms with van der Waals surface area (Å²) in [6.45, 7) is 0. The molecular formula is C12H12N2O2. The van der Waals surface area contributed by atoms with Crippen molar-refractivity contribution in [3.8, 4) is 0 Å². The minimum absolute atomic E-state index is 0.285. The maximum Gasteiger partial charge on any atom is 0.307 e. The lowest BCUT2D eigenvalue weighted by Gasteiger charge is -2.31. The number of hydrazone groups is 1. The number of nitrogens with zero attached hydrogens (tertiary/aromatic N) is 1. The van der Waals surface area contributed by atoms with Gasteiger partial charge in [-0.15, -0.1) is 0 Å². The number of hydrogen-bond acceptors (Lipinski definition) is 3. The Kier molecular flexibility index (Phi) is 2.13. The van der Waals surface area contributed by atoms with Gasteiger partial charge in [0.05, 0.1) is 6.26 Å². The van der Waals surface area contributed by atoms with Gasteiger partial charge in [0.15, 0.2) is 5.76 Å². The van der Waals surface area contributed by atoms with Crippen LogP contribution in [0.2, 0.25) is 0 Å². The lowest BCUT2D eigenvalue weighted by atomic mass is 9.74. The van der Waals surface area contributed by atoms with Crippen LogP contribution in [0.1, 0.15) is 23.4 Å². The Bertz CT molecular complexity index is 459. The summed E-state index contributed by atoms with van der Waals surface area (Å²) in [6, 6.07) is 3.30. The zero-order chi connectivity index (χ0) is 11.0. The SMILES string of the molecule is O=C(NN=C1C[C@@H]2C=CC[C@@H]12)c1ccco1. The van der Waals surface area contributed by atoms with E-state index in [0.717, 1.165) is 18.6 Å². The van der Waals surface area contributed by atoms with Gasteiger partial charge in [-0.2, -0.15) is 5.10 Å². The minimum atomic E-state index is -0.285. The molecule has 1 amide bonds. The molecule has 2 atom stereocenters. The van der Waals surface area contributed by atoms with E-state index in [2.05, 4.69) is 22.7 Å². The number of amides is 1. The molecular weight excluding hydrogens is 204 g/mol. The maximum atomic E-state index is 11.5. The first-order valence-corrected chi connectivity index (χ1v) is 5.41. The van der Waals surface area contributed by atoms with E-state index in [1.807, 2.05) is 0 Å². The quantitative estimate of drug-likeness (QED) is 0.607. The standard InChI is InChI=1S/C12H12N2O2/c15-12(11-5-2-6-16-11)14-13-10-7-8-3-1-4-9(8)10/h1-3,5-6,8-9H,4,7H2,(H,14,15)/t8-,9+/m0/s1. The number of hydrogen-bond donors (Lipinski definition) is 1. The molecule has 0 aliphatic heterocycles. The highest BCUT2D eigenvalue weighted by molar-refractivity contribution is 5.96. The van der Waals surface area contributed by atoms with E-state index in [4.69, 9.17) is 4.42 Å². The number of furan rings is 1. The molecule has 82 valence electrons. The van der Waals surface area contributed by atoms with Crippen LogP contribution in [0.25, 0.3) is 0 Å². The van der Waals surface area contributed by atoms with Gasteiger partial charge in [-0.05, 0) is 30.9 Å². The van der Waals surface area contributed by atoms with Gasteiger partial charge in [-0.3, -0.25) is 4.79 Å². The molecule has 0 saturated heterocycles. The molecule has 4 nitrogen and oxygen atoms in total. The molecule has 0 radical (unpaired) electrons. The normalized spacial score (nSPS) is 28.9. The third-order valence-electron chi connectivity index (χ3n) is 3.21. The molecule has 1 aromatic rings. The number of rotatable bonds is 2. The largest absolute Gasteiger partial charge is 0.459 e. The van der Waals surface area contributed by atoms with Crippen molar-refractivity contribution in [1.82, 2.24) is 5.43 Å². The second-order valence-electron chi connectivity index (χ2n) is 4.16. The summed E-state index contributed by atoms with van der Waals surface area (Å²) in [4.78, 5) is 11.5. The molecule has 0 aromatic carbocycles. The van der Waals surface area contributed by atoms with Crippen molar-refractivity contribution in [2.75, 3.05) is 0 Å². The van der Waals surface area contributed by atoms with Crippen LogP contribution in [0.5, 0.6) is 0 Å². The highest BCUT2D eigenvalue weighted by Crippen LogP contribution is 2.39. The van der Waals surface area contributed by atoms with Crippen LogP contribution in [-0.4, -0.2) is 11.6 Å². The summed E-state index contributed by atoms with van der Waals surface area (Å²) < 4.78 is 4.97. The van der Waals surface area contributed by atoms with E-state index in [-0.39, 0.29) is 5.91 Å².